The quantitative estimate of drug-likeness (QED) is 0.284. The monoisotopic (exact) mass is 498 g/mol. The minimum atomic E-state index is -0.262. The average Bonchev–Trinajstić information content (AvgIpc) is 3.33. The lowest BCUT2D eigenvalue weighted by Gasteiger charge is -2.37. The third-order valence-corrected chi connectivity index (χ3v) is 6.27. The van der Waals surface area contributed by atoms with E-state index in [9.17, 15) is 0 Å². The highest BCUT2D eigenvalue weighted by Gasteiger charge is 2.33. The second-order valence-electron chi connectivity index (χ2n) is 9.04. The molecule has 1 aromatic carbocycles. The third-order valence-electron chi connectivity index (χ3n) is 6.27. The molecular formula is C27H30N8O2. The second-order valence-corrected chi connectivity index (χ2v) is 9.04. The Balaban J connectivity index is 1.24. The minimum Gasteiger partial charge on any atom is -0.493 e. The van der Waals surface area contributed by atoms with Crippen molar-refractivity contribution in [2.75, 3.05) is 32.2 Å². The molecule has 4 aromatic rings. The van der Waals surface area contributed by atoms with Crippen LogP contribution in [0.5, 0.6) is 5.75 Å². The summed E-state index contributed by atoms with van der Waals surface area (Å²) in [7, 11) is 1.72. The summed E-state index contributed by atoms with van der Waals surface area (Å²) in [6.45, 7) is 2.32. The molecule has 10 heteroatoms. The number of rotatable bonds is 10. The average molecular weight is 499 g/mol. The van der Waals surface area contributed by atoms with Gasteiger partial charge in [0, 0.05) is 56.3 Å². The lowest BCUT2D eigenvalue weighted by molar-refractivity contribution is -0.0616. The highest BCUT2D eigenvalue weighted by Crippen LogP contribution is 2.24. The highest BCUT2D eigenvalue weighted by molar-refractivity contribution is 6.09. The van der Waals surface area contributed by atoms with Crippen LogP contribution in [0.3, 0.4) is 0 Å². The molecule has 1 aliphatic heterocycles. The number of imidazole rings is 1. The zero-order valence-electron chi connectivity index (χ0n) is 20.7. The number of fused-ring (bicyclic) bond motifs is 1. The summed E-state index contributed by atoms with van der Waals surface area (Å²) < 4.78 is 13.1. The van der Waals surface area contributed by atoms with Crippen LogP contribution in [0, 0.1) is 0 Å². The van der Waals surface area contributed by atoms with E-state index in [0.717, 1.165) is 51.7 Å². The Hall–Kier alpha value is -4.28. The maximum absolute atomic E-state index is 6.17. The smallest absolute Gasteiger partial charge is 0.140 e. The predicted octanol–water partition coefficient (Wildman–Crippen LogP) is 2.90. The molecule has 0 radical (unpaired) electrons. The van der Waals surface area contributed by atoms with Crippen molar-refractivity contribution in [1.29, 1.82) is 0 Å². The van der Waals surface area contributed by atoms with E-state index in [4.69, 9.17) is 20.9 Å². The molecule has 1 saturated heterocycles. The van der Waals surface area contributed by atoms with E-state index in [1.165, 1.54) is 0 Å². The van der Waals surface area contributed by atoms with E-state index in [2.05, 4.69) is 37.4 Å². The van der Waals surface area contributed by atoms with Crippen molar-refractivity contribution in [3.05, 3.63) is 78.5 Å². The number of nitrogens with one attached hydrogen (secondary N) is 1. The summed E-state index contributed by atoms with van der Waals surface area (Å²) in [6.07, 6.45) is 9.32. The van der Waals surface area contributed by atoms with Gasteiger partial charge in [-0.25, -0.2) is 15.0 Å². The van der Waals surface area contributed by atoms with Crippen LogP contribution in [0.15, 0.2) is 72.4 Å². The SMILES string of the molecule is CN=CC(=CN)c1ccc(CNc2cc(-c3cnc4cc(OCCC5(N)COC5)ccn34)ncn2)cc1. The summed E-state index contributed by atoms with van der Waals surface area (Å²) in [5, 5.41) is 3.37. The molecule has 1 fully saturated rings. The van der Waals surface area contributed by atoms with Gasteiger partial charge < -0.3 is 26.3 Å². The number of ether oxygens (including phenoxy) is 2. The Morgan fingerprint density at radius 3 is 2.76 bits per heavy atom. The Bertz CT molecular complexity index is 1420. The molecule has 37 heavy (non-hydrogen) atoms. The molecule has 1 aliphatic rings. The summed E-state index contributed by atoms with van der Waals surface area (Å²) in [6, 6.07) is 13.9. The predicted molar refractivity (Wildman–Crippen MR) is 144 cm³/mol. The fraction of sp³-hybridized carbons (Fsp3) is 0.259. The molecule has 3 aromatic heterocycles. The molecule has 0 aliphatic carbocycles. The van der Waals surface area contributed by atoms with E-state index >= 15 is 0 Å². The van der Waals surface area contributed by atoms with E-state index in [1.807, 2.05) is 40.9 Å². The van der Waals surface area contributed by atoms with E-state index in [-0.39, 0.29) is 5.54 Å². The Morgan fingerprint density at radius 2 is 2.03 bits per heavy atom. The second kappa shape index (κ2) is 10.8. The van der Waals surface area contributed by atoms with E-state index in [0.29, 0.717) is 26.4 Å². The molecule has 4 heterocycles. The number of benzene rings is 1. The molecule has 0 spiro atoms. The molecule has 0 unspecified atom stereocenters. The number of nitrogens with zero attached hydrogens (tertiary/aromatic N) is 5. The Labute approximate surface area is 215 Å². The van der Waals surface area contributed by atoms with Gasteiger partial charge >= 0.3 is 0 Å². The van der Waals surface area contributed by atoms with Crippen LogP contribution >= 0.6 is 0 Å². The normalized spacial score (nSPS) is 15.1. The van der Waals surface area contributed by atoms with Crippen molar-refractivity contribution in [2.45, 2.75) is 18.5 Å². The molecule has 10 nitrogen and oxygen atoms in total. The number of anilines is 1. The van der Waals surface area contributed by atoms with Crippen LogP contribution in [-0.2, 0) is 11.3 Å². The fourth-order valence-electron chi connectivity index (χ4n) is 4.08. The van der Waals surface area contributed by atoms with Gasteiger partial charge in [0.15, 0.2) is 0 Å². The van der Waals surface area contributed by atoms with Crippen molar-refractivity contribution >= 4 is 23.3 Å². The van der Waals surface area contributed by atoms with Gasteiger partial charge in [-0.3, -0.25) is 9.39 Å². The number of pyridine rings is 1. The number of hydrogen-bond donors (Lipinski definition) is 3. The van der Waals surface area contributed by atoms with Crippen LogP contribution in [0.4, 0.5) is 5.82 Å². The molecule has 190 valence electrons. The standard InChI is InChI=1S/C27H30N8O2/c1-30-14-21(12-28)20-4-2-19(3-5-20)13-31-25-11-23(33-18-34-25)24-15-32-26-10-22(6-8-35(24)26)37-9-7-27(29)16-36-17-27/h2-6,8,10-12,14-15,18H,7,9,13,16-17,28-29H2,1H3,(H,31,33,34). The topological polar surface area (TPSA) is 138 Å². The number of aromatic nitrogens is 4. The van der Waals surface area contributed by atoms with E-state index < -0.39 is 0 Å². The van der Waals surface area contributed by atoms with Gasteiger partial charge in [0.1, 0.15) is 23.5 Å². The van der Waals surface area contributed by atoms with Gasteiger partial charge in [-0.2, -0.15) is 0 Å². The maximum Gasteiger partial charge on any atom is 0.140 e. The van der Waals surface area contributed by atoms with Gasteiger partial charge in [-0.15, -0.1) is 0 Å². The van der Waals surface area contributed by atoms with Crippen LogP contribution in [0.25, 0.3) is 22.6 Å². The number of allylic oxidation sites excluding steroid dienone is 1. The highest BCUT2D eigenvalue weighted by atomic mass is 16.5. The van der Waals surface area contributed by atoms with E-state index in [1.54, 1.807) is 32.0 Å². The first-order valence-corrected chi connectivity index (χ1v) is 12.0. The van der Waals surface area contributed by atoms with Crippen LogP contribution in [0.2, 0.25) is 0 Å². The zero-order valence-corrected chi connectivity index (χ0v) is 20.7. The molecule has 0 bridgehead atoms. The summed E-state index contributed by atoms with van der Waals surface area (Å²) in [5.74, 6) is 1.47. The number of hydrogen-bond acceptors (Lipinski definition) is 9. The molecule has 0 amide bonds. The van der Waals surface area contributed by atoms with Crippen molar-refractivity contribution in [2.24, 2.45) is 16.5 Å². The summed E-state index contributed by atoms with van der Waals surface area (Å²) in [4.78, 5) is 17.4. The van der Waals surface area contributed by atoms with Gasteiger partial charge in [0.2, 0.25) is 0 Å². The third kappa shape index (κ3) is 5.60. The van der Waals surface area contributed by atoms with Crippen molar-refractivity contribution in [3.8, 4) is 17.1 Å². The molecule has 5 rings (SSSR count). The van der Waals surface area contributed by atoms with Crippen LogP contribution < -0.4 is 21.5 Å². The zero-order chi connectivity index (χ0) is 25.7. The Morgan fingerprint density at radius 1 is 1.19 bits per heavy atom. The molecular weight excluding hydrogens is 468 g/mol. The van der Waals surface area contributed by atoms with Gasteiger partial charge in [0.25, 0.3) is 0 Å². The van der Waals surface area contributed by atoms with Crippen LogP contribution in [0.1, 0.15) is 17.5 Å². The molecule has 0 atom stereocenters. The number of aliphatic imine (C=N–C) groups is 1. The first-order chi connectivity index (χ1) is 18.1. The first-order valence-electron chi connectivity index (χ1n) is 12.0. The largest absolute Gasteiger partial charge is 0.493 e. The van der Waals surface area contributed by atoms with Gasteiger partial charge in [-0.05, 0) is 17.2 Å². The summed E-state index contributed by atoms with van der Waals surface area (Å²) >= 11 is 0. The van der Waals surface area contributed by atoms with Gasteiger partial charge in [-0.1, -0.05) is 24.3 Å². The lowest BCUT2D eigenvalue weighted by Crippen LogP contribution is -2.58. The minimum absolute atomic E-state index is 0.262. The summed E-state index contributed by atoms with van der Waals surface area (Å²) in [5.41, 5.74) is 17.0. The first kappa shape index (κ1) is 24.4. The van der Waals surface area contributed by atoms with Gasteiger partial charge in [0.05, 0.1) is 42.9 Å². The van der Waals surface area contributed by atoms with Crippen molar-refractivity contribution in [3.63, 3.8) is 0 Å². The molecule has 5 N–H and O–H groups in total. The maximum atomic E-state index is 6.17. The van der Waals surface area contributed by atoms with Crippen LogP contribution in [-0.4, -0.2) is 58.0 Å². The number of nitrogens with two attached hydrogens (primary N) is 2. The fourth-order valence-corrected chi connectivity index (χ4v) is 4.08. The molecule has 0 saturated carbocycles. The Kier molecular flexibility index (Phi) is 7.11. The van der Waals surface area contributed by atoms with Crippen molar-refractivity contribution in [1.82, 2.24) is 19.4 Å². The van der Waals surface area contributed by atoms with Crippen molar-refractivity contribution < 1.29 is 9.47 Å². The lowest BCUT2D eigenvalue weighted by atomic mass is 9.95.